The summed E-state index contributed by atoms with van der Waals surface area (Å²) in [4.78, 5) is 12.5. The number of nitrogens with one attached hydrogen (secondary N) is 1. The van der Waals surface area contributed by atoms with Crippen molar-refractivity contribution in [3.05, 3.63) is 58.6 Å². The Bertz CT molecular complexity index is 895. The van der Waals surface area contributed by atoms with E-state index in [0.29, 0.717) is 17.9 Å². The number of methoxy groups -OCH3 is 1. The maximum absolute atomic E-state index is 12.5. The molecule has 0 spiro atoms. The predicted molar refractivity (Wildman–Crippen MR) is 90.8 cm³/mol. The summed E-state index contributed by atoms with van der Waals surface area (Å²) in [5.41, 5.74) is 1.70. The third-order valence-corrected chi connectivity index (χ3v) is 5.86. The maximum Gasteiger partial charge on any atom is 0.267 e. The van der Waals surface area contributed by atoms with Crippen molar-refractivity contribution in [2.24, 2.45) is 0 Å². The molecule has 24 heavy (non-hydrogen) atoms. The van der Waals surface area contributed by atoms with Gasteiger partial charge in [0.15, 0.2) is 0 Å². The number of hydrogen-bond acceptors (Lipinski definition) is 4. The highest BCUT2D eigenvalue weighted by Crippen LogP contribution is 2.37. The number of carbonyl (C=O) groups is 1. The number of rotatable bonds is 4. The second-order valence-electron chi connectivity index (χ2n) is 5.52. The number of hydrogen-bond donors (Lipinski definition) is 1. The van der Waals surface area contributed by atoms with E-state index in [-0.39, 0.29) is 10.6 Å². The van der Waals surface area contributed by atoms with Crippen molar-refractivity contribution < 1.29 is 17.9 Å². The summed E-state index contributed by atoms with van der Waals surface area (Å²) in [7, 11) is -2.63. The Morgan fingerprint density at radius 1 is 1.21 bits per heavy atom. The molecule has 0 radical (unpaired) electrons. The lowest BCUT2D eigenvalue weighted by Gasteiger charge is -2.14. The maximum atomic E-state index is 12.5. The van der Waals surface area contributed by atoms with Gasteiger partial charge in [0.25, 0.3) is 10.0 Å². The Labute approximate surface area is 145 Å². The molecule has 1 aliphatic rings. The molecule has 5 nitrogen and oxygen atoms in total. The minimum atomic E-state index is -4.01. The Morgan fingerprint density at radius 3 is 2.71 bits per heavy atom. The van der Waals surface area contributed by atoms with Crippen LogP contribution < -0.4 is 9.46 Å². The zero-order valence-electron chi connectivity index (χ0n) is 13.0. The van der Waals surface area contributed by atoms with Crippen LogP contribution in [-0.4, -0.2) is 21.4 Å². The van der Waals surface area contributed by atoms with E-state index in [1.165, 1.54) is 19.2 Å². The van der Waals surface area contributed by atoms with E-state index in [1.54, 1.807) is 24.3 Å². The standard InChI is InChI=1S/C17H16ClNO4S/c1-23-15-7-2-3-8-16(15)24(21,22)19-17(20)13-10-9-12-11(13)5-4-6-14(12)18/h2-8,13H,9-10H2,1H3,(H,19,20). The molecule has 0 aliphatic heterocycles. The second kappa shape index (κ2) is 6.45. The van der Waals surface area contributed by atoms with Gasteiger partial charge in [0, 0.05) is 5.02 Å². The average Bonchev–Trinajstić information content (AvgIpc) is 3.00. The summed E-state index contributed by atoms with van der Waals surface area (Å²) in [5, 5.41) is 0.607. The molecule has 3 rings (SSSR count). The van der Waals surface area contributed by atoms with Crippen LogP contribution in [0.2, 0.25) is 5.02 Å². The van der Waals surface area contributed by atoms with E-state index in [1.807, 2.05) is 6.07 Å². The summed E-state index contributed by atoms with van der Waals surface area (Å²) in [6.07, 6.45) is 1.19. The molecule has 1 amide bonds. The number of ether oxygens (including phenoxy) is 1. The van der Waals surface area contributed by atoms with E-state index in [4.69, 9.17) is 16.3 Å². The minimum Gasteiger partial charge on any atom is -0.495 e. The number of halogens is 1. The fraction of sp³-hybridized carbons (Fsp3) is 0.235. The fourth-order valence-corrected chi connectivity index (χ4v) is 4.45. The second-order valence-corrected chi connectivity index (χ2v) is 7.58. The number of amides is 1. The summed E-state index contributed by atoms with van der Waals surface area (Å²) in [5.74, 6) is -0.891. The highest BCUT2D eigenvalue weighted by Gasteiger charge is 2.33. The lowest BCUT2D eigenvalue weighted by Crippen LogP contribution is -2.34. The van der Waals surface area contributed by atoms with E-state index >= 15 is 0 Å². The first kappa shape index (κ1) is 16.8. The van der Waals surface area contributed by atoms with E-state index < -0.39 is 21.8 Å². The van der Waals surface area contributed by atoms with Gasteiger partial charge < -0.3 is 4.74 Å². The third kappa shape index (κ3) is 2.99. The minimum absolute atomic E-state index is 0.0647. The van der Waals surface area contributed by atoms with Gasteiger partial charge in [-0.2, -0.15) is 0 Å². The van der Waals surface area contributed by atoms with Crippen molar-refractivity contribution >= 4 is 27.5 Å². The molecule has 1 N–H and O–H groups in total. The summed E-state index contributed by atoms with van der Waals surface area (Å²) >= 11 is 6.14. The molecule has 1 unspecified atom stereocenters. The van der Waals surface area contributed by atoms with Crippen LogP contribution in [0.5, 0.6) is 5.75 Å². The van der Waals surface area contributed by atoms with Gasteiger partial charge in [-0.1, -0.05) is 35.9 Å². The number of carbonyl (C=O) groups excluding carboxylic acids is 1. The first-order valence-corrected chi connectivity index (χ1v) is 9.27. The Morgan fingerprint density at radius 2 is 1.96 bits per heavy atom. The quantitative estimate of drug-likeness (QED) is 0.904. The normalized spacial score (nSPS) is 16.5. The smallest absolute Gasteiger partial charge is 0.267 e. The topological polar surface area (TPSA) is 72.5 Å². The van der Waals surface area contributed by atoms with Crippen molar-refractivity contribution in [3.63, 3.8) is 0 Å². The molecule has 2 aromatic rings. The zero-order valence-corrected chi connectivity index (χ0v) is 14.5. The number of sulfonamides is 1. The molecule has 126 valence electrons. The molecule has 0 saturated heterocycles. The lowest BCUT2D eigenvalue weighted by molar-refractivity contribution is -0.120. The molecule has 0 aromatic heterocycles. The molecule has 2 aromatic carbocycles. The summed E-state index contributed by atoms with van der Waals surface area (Å²) in [6.45, 7) is 0. The average molecular weight is 366 g/mol. The molecule has 1 atom stereocenters. The summed E-state index contributed by atoms with van der Waals surface area (Å²) < 4.78 is 32.3. The van der Waals surface area contributed by atoms with Crippen molar-refractivity contribution in [3.8, 4) is 5.75 Å². The van der Waals surface area contributed by atoms with Crippen LogP contribution in [0.25, 0.3) is 0 Å². The van der Waals surface area contributed by atoms with Gasteiger partial charge in [0.2, 0.25) is 5.91 Å². The molecule has 0 fully saturated rings. The third-order valence-electron chi connectivity index (χ3n) is 4.12. The number of benzene rings is 2. The first-order valence-electron chi connectivity index (χ1n) is 7.41. The predicted octanol–water partition coefficient (Wildman–Crippen LogP) is 2.88. The highest BCUT2D eigenvalue weighted by molar-refractivity contribution is 7.90. The van der Waals surface area contributed by atoms with Crippen molar-refractivity contribution in [1.82, 2.24) is 4.72 Å². The van der Waals surface area contributed by atoms with E-state index in [2.05, 4.69) is 4.72 Å². The first-order chi connectivity index (χ1) is 11.4. The van der Waals surface area contributed by atoms with Crippen molar-refractivity contribution in [2.75, 3.05) is 7.11 Å². The van der Waals surface area contributed by atoms with Gasteiger partial charge in [0.1, 0.15) is 10.6 Å². The monoisotopic (exact) mass is 365 g/mol. The Hall–Kier alpha value is -2.05. The van der Waals surface area contributed by atoms with Crippen LogP contribution in [0.1, 0.15) is 23.5 Å². The van der Waals surface area contributed by atoms with Crippen molar-refractivity contribution in [1.29, 1.82) is 0 Å². The molecular weight excluding hydrogens is 350 g/mol. The lowest BCUT2D eigenvalue weighted by atomic mass is 10.0. The molecule has 1 aliphatic carbocycles. The summed E-state index contributed by atoms with van der Waals surface area (Å²) in [6, 6.07) is 11.5. The van der Waals surface area contributed by atoms with Gasteiger partial charge in [0.05, 0.1) is 13.0 Å². The van der Waals surface area contributed by atoms with Crippen LogP contribution in [0.3, 0.4) is 0 Å². The largest absolute Gasteiger partial charge is 0.495 e. The van der Waals surface area contributed by atoms with Crippen LogP contribution in [0.4, 0.5) is 0 Å². The van der Waals surface area contributed by atoms with Crippen LogP contribution in [0, 0.1) is 0 Å². The van der Waals surface area contributed by atoms with E-state index in [0.717, 1.165) is 11.1 Å². The molecular formula is C17H16ClNO4S. The van der Waals surface area contributed by atoms with Crippen LogP contribution >= 0.6 is 11.6 Å². The molecule has 0 heterocycles. The van der Waals surface area contributed by atoms with Crippen molar-refractivity contribution in [2.45, 2.75) is 23.7 Å². The van der Waals surface area contributed by atoms with Gasteiger partial charge in [-0.05, 0) is 42.2 Å². The Balaban J connectivity index is 1.87. The van der Waals surface area contributed by atoms with Gasteiger partial charge >= 0.3 is 0 Å². The molecule has 0 bridgehead atoms. The highest BCUT2D eigenvalue weighted by atomic mass is 35.5. The van der Waals surface area contributed by atoms with Gasteiger partial charge in [-0.25, -0.2) is 13.1 Å². The van der Waals surface area contributed by atoms with Gasteiger partial charge in [-0.3, -0.25) is 4.79 Å². The SMILES string of the molecule is COc1ccccc1S(=O)(=O)NC(=O)C1CCc2c(Cl)cccc21. The fourth-order valence-electron chi connectivity index (χ4n) is 2.98. The zero-order chi connectivity index (χ0) is 17.3. The van der Waals surface area contributed by atoms with E-state index in [9.17, 15) is 13.2 Å². The number of para-hydroxylation sites is 1. The van der Waals surface area contributed by atoms with Crippen LogP contribution in [0.15, 0.2) is 47.4 Å². The van der Waals surface area contributed by atoms with Crippen LogP contribution in [-0.2, 0) is 21.2 Å². The molecule has 0 saturated carbocycles. The molecule has 7 heteroatoms. The Kier molecular flexibility index (Phi) is 4.51. The van der Waals surface area contributed by atoms with Gasteiger partial charge in [-0.15, -0.1) is 0 Å². The number of fused-ring (bicyclic) bond motifs is 1.